The molecule has 2 bridgehead atoms. The SMILES string of the molecule is O=C(c1cc(F)ccc1C(F)(F)F)C1CC2CCC(C1)N2C(=O)OCC1c2ccccc2-c2ccccc21. The summed E-state index contributed by atoms with van der Waals surface area (Å²) in [5.41, 5.74) is 2.68. The van der Waals surface area contributed by atoms with E-state index in [4.69, 9.17) is 4.74 Å². The molecule has 0 aromatic heterocycles. The second-order valence-corrected chi connectivity index (χ2v) is 10.3. The number of hydrogen-bond acceptors (Lipinski definition) is 3. The summed E-state index contributed by atoms with van der Waals surface area (Å²) in [6.45, 7) is 0.170. The molecule has 0 saturated carbocycles. The maximum Gasteiger partial charge on any atom is 0.417 e. The molecule has 1 aliphatic carbocycles. The summed E-state index contributed by atoms with van der Waals surface area (Å²) >= 11 is 0. The van der Waals surface area contributed by atoms with Crippen molar-refractivity contribution >= 4 is 11.9 Å². The van der Waals surface area contributed by atoms with Gasteiger partial charge in [-0.1, -0.05) is 48.5 Å². The molecule has 2 heterocycles. The molecule has 8 heteroatoms. The Hall–Kier alpha value is -3.68. The molecule has 3 aromatic rings. The van der Waals surface area contributed by atoms with Crippen molar-refractivity contribution in [3.63, 3.8) is 0 Å². The number of nitrogens with zero attached hydrogens (tertiary/aromatic N) is 1. The number of Topliss-reactive ketones (excluding diaryl/α,β-unsaturated/α-hetero) is 1. The van der Waals surface area contributed by atoms with Crippen LogP contribution in [0.15, 0.2) is 66.7 Å². The quantitative estimate of drug-likeness (QED) is 0.268. The first-order valence-corrected chi connectivity index (χ1v) is 12.8. The number of halogens is 4. The summed E-state index contributed by atoms with van der Waals surface area (Å²) in [5.74, 6) is -2.41. The third kappa shape index (κ3) is 4.16. The van der Waals surface area contributed by atoms with Crippen LogP contribution in [0.25, 0.3) is 11.1 Å². The van der Waals surface area contributed by atoms with Crippen LogP contribution in [-0.2, 0) is 10.9 Å². The van der Waals surface area contributed by atoms with Gasteiger partial charge in [-0.15, -0.1) is 0 Å². The average Bonchev–Trinajstić information content (AvgIpc) is 3.36. The van der Waals surface area contributed by atoms with E-state index in [0.29, 0.717) is 31.0 Å². The molecule has 0 radical (unpaired) electrons. The van der Waals surface area contributed by atoms with Crippen molar-refractivity contribution in [2.24, 2.45) is 5.92 Å². The summed E-state index contributed by atoms with van der Waals surface area (Å²) in [5, 5.41) is 0. The number of carbonyl (C=O) groups is 2. The summed E-state index contributed by atoms with van der Waals surface area (Å²) < 4.78 is 60.1. The highest BCUT2D eigenvalue weighted by atomic mass is 19.4. The zero-order valence-electron chi connectivity index (χ0n) is 20.4. The van der Waals surface area contributed by atoms with E-state index in [-0.39, 0.29) is 37.5 Å². The Morgan fingerprint density at radius 1 is 0.868 bits per heavy atom. The molecule has 1 amide bonds. The van der Waals surface area contributed by atoms with Crippen molar-refractivity contribution in [1.29, 1.82) is 0 Å². The van der Waals surface area contributed by atoms with Crippen LogP contribution < -0.4 is 0 Å². The van der Waals surface area contributed by atoms with Crippen LogP contribution in [0.2, 0.25) is 0 Å². The standard InChI is InChI=1S/C30H25F4NO3/c31-18-9-12-27(30(32,33)34)25(15-18)28(36)17-13-19-10-11-20(14-17)35(19)29(37)38-16-26-23-7-3-1-5-21(23)22-6-2-4-8-24(22)26/h1-9,12,15,17,19-20,26H,10-11,13-14,16H2. The molecule has 2 fully saturated rings. The zero-order chi connectivity index (χ0) is 26.6. The highest BCUT2D eigenvalue weighted by molar-refractivity contribution is 5.99. The van der Waals surface area contributed by atoms with Crippen molar-refractivity contribution in [2.75, 3.05) is 6.61 Å². The number of ether oxygens (including phenoxy) is 1. The van der Waals surface area contributed by atoms with E-state index in [2.05, 4.69) is 12.1 Å². The number of alkyl halides is 3. The number of carbonyl (C=O) groups excluding carboxylic acids is 2. The van der Waals surface area contributed by atoms with Gasteiger partial charge in [0.1, 0.15) is 12.4 Å². The fourth-order valence-corrected chi connectivity index (χ4v) is 6.55. The molecule has 2 saturated heterocycles. The summed E-state index contributed by atoms with van der Waals surface area (Å²) in [7, 11) is 0. The van der Waals surface area contributed by atoms with Crippen molar-refractivity contribution in [1.82, 2.24) is 4.90 Å². The number of hydrogen-bond donors (Lipinski definition) is 0. The molecule has 6 rings (SSSR count). The molecule has 0 spiro atoms. The van der Waals surface area contributed by atoms with E-state index in [1.807, 2.05) is 36.4 Å². The first kappa shape index (κ1) is 24.6. The monoisotopic (exact) mass is 523 g/mol. The molecule has 3 aliphatic rings. The van der Waals surface area contributed by atoms with Gasteiger partial charge in [-0.25, -0.2) is 9.18 Å². The smallest absolute Gasteiger partial charge is 0.417 e. The van der Waals surface area contributed by atoms with Crippen molar-refractivity contribution in [3.05, 3.63) is 94.8 Å². The Kier molecular flexibility index (Phi) is 6.00. The summed E-state index contributed by atoms with van der Waals surface area (Å²) in [6.07, 6.45) is -3.48. The molecule has 0 N–H and O–H groups in total. The number of piperidine rings is 1. The third-order valence-electron chi connectivity index (χ3n) is 8.20. The van der Waals surface area contributed by atoms with Gasteiger partial charge in [0.2, 0.25) is 0 Å². The lowest BCUT2D eigenvalue weighted by Gasteiger charge is -2.38. The van der Waals surface area contributed by atoms with Gasteiger partial charge in [-0.2, -0.15) is 13.2 Å². The van der Waals surface area contributed by atoms with Crippen molar-refractivity contribution in [3.8, 4) is 11.1 Å². The highest BCUT2D eigenvalue weighted by Crippen LogP contribution is 2.45. The van der Waals surface area contributed by atoms with Crippen molar-refractivity contribution in [2.45, 2.75) is 49.9 Å². The van der Waals surface area contributed by atoms with Gasteiger partial charge in [0, 0.05) is 29.5 Å². The minimum atomic E-state index is -4.76. The number of fused-ring (bicyclic) bond motifs is 5. The Bertz CT molecular complexity index is 1360. The summed E-state index contributed by atoms with van der Waals surface area (Å²) in [4.78, 5) is 28.0. The van der Waals surface area contributed by atoms with Crippen LogP contribution in [0.5, 0.6) is 0 Å². The van der Waals surface area contributed by atoms with Crippen LogP contribution in [-0.4, -0.2) is 35.5 Å². The number of amides is 1. The zero-order valence-corrected chi connectivity index (χ0v) is 20.4. The topological polar surface area (TPSA) is 46.6 Å². The molecule has 4 nitrogen and oxygen atoms in total. The van der Waals surface area contributed by atoms with E-state index in [1.165, 1.54) is 0 Å². The largest absolute Gasteiger partial charge is 0.448 e. The fraction of sp³-hybridized carbons (Fsp3) is 0.333. The van der Waals surface area contributed by atoms with E-state index < -0.39 is 40.9 Å². The molecular formula is C30H25F4NO3. The van der Waals surface area contributed by atoms with Gasteiger partial charge in [0.05, 0.1) is 5.56 Å². The Labute approximate surface area is 217 Å². The Morgan fingerprint density at radius 3 is 2.03 bits per heavy atom. The van der Waals surface area contributed by atoms with E-state index in [1.54, 1.807) is 4.90 Å². The molecular weight excluding hydrogens is 498 g/mol. The molecule has 2 atom stereocenters. The summed E-state index contributed by atoms with van der Waals surface area (Å²) in [6, 6.07) is 17.5. The lowest BCUT2D eigenvalue weighted by Crippen LogP contribution is -2.48. The van der Waals surface area contributed by atoms with Crippen LogP contribution in [0.1, 0.15) is 58.6 Å². The van der Waals surface area contributed by atoms with E-state index in [0.717, 1.165) is 22.3 Å². The normalized spacial score (nSPS) is 22.2. The van der Waals surface area contributed by atoms with Crippen LogP contribution in [0.4, 0.5) is 22.4 Å². The van der Waals surface area contributed by atoms with Gasteiger partial charge in [0.15, 0.2) is 5.78 Å². The minimum Gasteiger partial charge on any atom is -0.448 e. The molecule has 196 valence electrons. The lowest BCUT2D eigenvalue weighted by molar-refractivity contribution is -0.138. The third-order valence-corrected chi connectivity index (χ3v) is 8.20. The average molecular weight is 524 g/mol. The number of rotatable bonds is 4. The predicted octanol–water partition coefficient (Wildman–Crippen LogP) is 7.22. The van der Waals surface area contributed by atoms with Crippen LogP contribution >= 0.6 is 0 Å². The maximum atomic E-state index is 13.8. The van der Waals surface area contributed by atoms with Crippen molar-refractivity contribution < 1.29 is 31.9 Å². The first-order chi connectivity index (χ1) is 18.2. The second kappa shape index (κ2) is 9.26. The van der Waals surface area contributed by atoms with Gasteiger partial charge in [-0.3, -0.25) is 4.79 Å². The number of benzene rings is 3. The van der Waals surface area contributed by atoms with E-state index in [9.17, 15) is 27.2 Å². The minimum absolute atomic E-state index is 0.0862. The molecule has 3 aromatic carbocycles. The molecule has 2 unspecified atom stereocenters. The second-order valence-electron chi connectivity index (χ2n) is 10.3. The van der Waals surface area contributed by atoms with Gasteiger partial charge < -0.3 is 9.64 Å². The maximum absolute atomic E-state index is 13.8. The van der Waals surface area contributed by atoms with Crippen LogP contribution in [0.3, 0.4) is 0 Å². The Balaban J connectivity index is 1.16. The van der Waals surface area contributed by atoms with Gasteiger partial charge in [0.25, 0.3) is 0 Å². The first-order valence-electron chi connectivity index (χ1n) is 12.8. The van der Waals surface area contributed by atoms with Gasteiger partial charge in [-0.05, 0) is 66.1 Å². The fourth-order valence-electron chi connectivity index (χ4n) is 6.55. The lowest BCUT2D eigenvalue weighted by atomic mass is 9.83. The van der Waals surface area contributed by atoms with E-state index >= 15 is 0 Å². The molecule has 2 aliphatic heterocycles. The highest BCUT2D eigenvalue weighted by Gasteiger charge is 2.47. The number of ketones is 1. The van der Waals surface area contributed by atoms with Crippen LogP contribution in [0, 0.1) is 11.7 Å². The predicted molar refractivity (Wildman–Crippen MR) is 132 cm³/mol. The molecule has 38 heavy (non-hydrogen) atoms. The Morgan fingerprint density at radius 2 is 1.45 bits per heavy atom. The van der Waals surface area contributed by atoms with Gasteiger partial charge >= 0.3 is 12.3 Å².